The third-order valence-electron chi connectivity index (χ3n) is 3.46. The number of rotatable bonds is 5. The summed E-state index contributed by atoms with van der Waals surface area (Å²) < 4.78 is 5.34. The molecule has 0 radical (unpaired) electrons. The summed E-state index contributed by atoms with van der Waals surface area (Å²) in [5.41, 5.74) is 1.77. The molecular formula is C17H30N2O2. The van der Waals surface area contributed by atoms with Gasteiger partial charge in [-0.1, -0.05) is 0 Å². The molecule has 0 fully saturated rings. The first kappa shape index (κ1) is 17.6. The average Bonchev–Trinajstić information content (AvgIpc) is 2.39. The van der Waals surface area contributed by atoms with Crippen LogP contribution >= 0.6 is 0 Å². The number of carbonyl (C=O) groups is 1. The fourth-order valence-electron chi connectivity index (χ4n) is 2.31. The minimum atomic E-state index is -0.462. The summed E-state index contributed by atoms with van der Waals surface area (Å²) in [6.45, 7) is 11.9. The van der Waals surface area contributed by atoms with Gasteiger partial charge in [0.2, 0.25) is 0 Å². The monoisotopic (exact) mass is 294 g/mol. The molecular weight excluding hydrogens is 264 g/mol. The predicted octanol–water partition coefficient (Wildman–Crippen LogP) is 4.19. The van der Waals surface area contributed by atoms with Crippen LogP contribution < -0.4 is 5.32 Å². The van der Waals surface area contributed by atoms with Gasteiger partial charge in [-0.2, -0.15) is 0 Å². The van der Waals surface area contributed by atoms with Crippen LogP contribution in [-0.4, -0.2) is 29.7 Å². The number of allylic oxidation sites excluding steroid dienone is 3. The highest BCUT2D eigenvalue weighted by Crippen LogP contribution is 2.24. The quantitative estimate of drug-likeness (QED) is 0.826. The van der Waals surface area contributed by atoms with Gasteiger partial charge >= 0.3 is 6.09 Å². The molecule has 1 rings (SSSR count). The van der Waals surface area contributed by atoms with Crippen molar-refractivity contribution in [2.45, 2.75) is 65.9 Å². The third-order valence-corrected chi connectivity index (χ3v) is 3.46. The van der Waals surface area contributed by atoms with Gasteiger partial charge in [0.25, 0.3) is 0 Å². The summed E-state index contributed by atoms with van der Waals surface area (Å²) in [7, 11) is 0. The third kappa shape index (κ3) is 6.69. The molecule has 4 heteroatoms. The number of hydrogen-bond acceptors (Lipinski definition) is 3. The van der Waals surface area contributed by atoms with Crippen molar-refractivity contribution < 1.29 is 9.53 Å². The van der Waals surface area contributed by atoms with E-state index in [0.29, 0.717) is 0 Å². The lowest BCUT2D eigenvalue weighted by Gasteiger charge is -2.23. The van der Waals surface area contributed by atoms with Crippen molar-refractivity contribution in [2.75, 3.05) is 13.1 Å². The van der Waals surface area contributed by atoms with Crippen molar-refractivity contribution in [1.29, 1.82) is 0 Å². The van der Waals surface area contributed by atoms with E-state index in [2.05, 4.69) is 36.3 Å². The van der Waals surface area contributed by atoms with Crippen LogP contribution in [0.2, 0.25) is 0 Å². The van der Waals surface area contributed by atoms with E-state index in [0.717, 1.165) is 38.0 Å². The molecule has 0 aromatic carbocycles. The van der Waals surface area contributed by atoms with E-state index in [9.17, 15) is 4.79 Å². The number of ether oxygens (including phenoxy) is 1. The van der Waals surface area contributed by atoms with Crippen molar-refractivity contribution in [3.63, 3.8) is 0 Å². The second-order valence-corrected chi connectivity index (χ2v) is 6.37. The van der Waals surface area contributed by atoms with Crippen molar-refractivity contribution >= 4 is 6.09 Å². The van der Waals surface area contributed by atoms with Crippen molar-refractivity contribution in [3.8, 4) is 0 Å². The number of nitrogens with one attached hydrogen (secondary N) is 1. The van der Waals surface area contributed by atoms with E-state index in [1.54, 1.807) is 0 Å². The molecule has 120 valence electrons. The van der Waals surface area contributed by atoms with Gasteiger partial charge in [0, 0.05) is 18.8 Å². The molecule has 1 aliphatic carbocycles. The second-order valence-electron chi connectivity index (χ2n) is 6.37. The fourth-order valence-corrected chi connectivity index (χ4v) is 2.31. The van der Waals surface area contributed by atoms with Gasteiger partial charge in [-0.25, -0.2) is 4.79 Å². The highest BCUT2D eigenvalue weighted by atomic mass is 16.6. The lowest BCUT2D eigenvalue weighted by atomic mass is 9.96. The molecule has 1 aliphatic rings. The molecule has 0 bridgehead atoms. The van der Waals surface area contributed by atoms with E-state index < -0.39 is 5.60 Å². The van der Waals surface area contributed by atoms with Crippen molar-refractivity contribution in [3.05, 3.63) is 23.5 Å². The molecule has 0 heterocycles. The summed E-state index contributed by atoms with van der Waals surface area (Å²) in [4.78, 5) is 14.2. The van der Waals surface area contributed by atoms with Gasteiger partial charge in [0.15, 0.2) is 0 Å². The van der Waals surface area contributed by atoms with Gasteiger partial charge < -0.3 is 9.64 Å². The molecule has 1 N–H and O–H groups in total. The first-order chi connectivity index (χ1) is 9.85. The van der Waals surface area contributed by atoms with E-state index in [-0.39, 0.29) is 6.09 Å². The van der Waals surface area contributed by atoms with E-state index >= 15 is 0 Å². The summed E-state index contributed by atoms with van der Waals surface area (Å²) in [5.74, 6) is 0. The fraction of sp³-hybridized carbons (Fsp3) is 0.706. The first-order valence-electron chi connectivity index (χ1n) is 8.00. The maximum atomic E-state index is 11.9. The number of amides is 1. The van der Waals surface area contributed by atoms with E-state index in [4.69, 9.17) is 4.74 Å². The Kier molecular flexibility index (Phi) is 6.79. The molecule has 0 aromatic rings. The molecule has 21 heavy (non-hydrogen) atoms. The molecule has 0 spiro atoms. The zero-order valence-electron chi connectivity index (χ0n) is 14.2. The van der Waals surface area contributed by atoms with Crippen LogP contribution in [-0.2, 0) is 4.74 Å². The minimum absolute atomic E-state index is 0.354. The molecule has 1 amide bonds. The molecule has 0 aromatic heterocycles. The number of nitrogens with zero attached hydrogens (tertiary/aromatic N) is 1. The second kappa shape index (κ2) is 8.11. The van der Waals surface area contributed by atoms with Gasteiger partial charge in [0.1, 0.15) is 5.60 Å². The predicted molar refractivity (Wildman–Crippen MR) is 86.9 cm³/mol. The van der Waals surface area contributed by atoms with Gasteiger partial charge in [-0.15, -0.1) is 0 Å². The summed E-state index contributed by atoms with van der Waals surface area (Å²) in [5, 5.41) is 2.93. The topological polar surface area (TPSA) is 41.6 Å². The highest BCUT2D eigenvalue weighted by Gasteiger charge is 2.19. The molecule has 0 aliphatic heterocycles. The lowest BCUT2D eigenvalue weighted by molar-refractivity contribution is 0.0542. The summed E-state index contributed by atoms with van der Waals surface area (Å²) in [6, 6.07) is 0. The number of hydrogen-bond donors (Lipinski definition) is 1. The Morgan fingerprint density at radius 1 is 1.24 bits per heavy atom. The zero-order chi connectivity index (χ0) is 15.9. The van der Waals surface area contributed by atoms with Crippen LogP contribution in [0.1, 0.15) is 60.3 Å². The normalized spacial score (nSPS) is 16.2. The SMILES string of the molecule is CCN(/C=C/C1=C(NC(=O)OC(C)(C)C)CCCC1)CC. The van der Waals surface area contributed by atoms with Gasteiger partial charge in [0.05, 0.1) is 0 Å². The molecule has 4 nitrogen and oxygen atoms in total. The van der Waals surface area contributed by atoms with Gasteiger partial charge in [-0.05, 0) is 78.2 Å². The maximum Gasteiger partial charge on any atom is 0.411 e. The zero-order valence-corrected chi connectivity index (χ0v) is 14.2. The van der Waals surface area contributed by atoms with Crippen molar-refractivity contribution in [1.82, 2.24) is 10.2 Å². The smallest absolute Gasteiger partial charge is 0.411 e. The Morgan fingerprint density at radius 3 is 2.43 bits per heavy atom. The van der Waals surface area contributed by atoms with Crippen LogP contribution in [0, 0.1) is 0 Å². The Hall–Kier alpha value is -1.45. The number of carbonyl (C=O) groups excluding carboxylic acids is 1. The highest BCUT2D eigenvalue weighted by molar-refractivity contribution is 5.70. The van der Waals surface area contributed by atoms with Crippen LogP contribution in [0.25, 0.3) is 0 Å². The minimum Gasteiger partial charge on any atom is -0.444 e. The number of alkyl carbamates (subject to hydrolysis) is 1. The lowest BCUT2D eigenvalue weighted by Crippen LogP contribution is -2.33. The average molecular weight is 294 g/mol. The van der Waals surface area contributed by atoms with E-state index in [1.165, 1.54) is 12.0 Å². The largest absolute Gasteiger partial charge is 0.444 e. The van der Waals surface area contributed by atoms with Gasteiger partial charge in [-0.3, -0.25) is 5.32 Å². The van der Waals surface area contributed by atoms with Crippen LogP contribution in [0.3, 0.4) is 0 Å². The van der Waals surface area contributed by atoms with E-state index in [1.807, 2.05) is 20.8 Å². The Balaban J connectivity index is 2.76. The molecule has 0 unspecified atom stereocenters. The Bertz CT molecular complexity index is 402. The van der Waals surface area contributed by atoms with Crippen LogP contribution in [0.15, 0.2) is 23.5 Å². The summed E-state index contributed by atoms with van der Waals surface area (Å²) in [6.07, 6.45) is 8.13. The molecule has 0 saturated heterocycles. The first-order valence-corrected chi connectivity index (χ1v) is 8.00. The van der Waals surface area contributed by atoms with Crippen LogP contribution in [0.4, 0.5) is 4.79 Å². The van der Waals surface area contributed by atoms with Crippen molar-refractivity contribution in [2.24, 2.45) is 0 Å². The molecule has 0 saturated carbocycles. The Labute approximate surface area is 129 Å². The van der Waals surface area contributed by atoms with Crippen LogP contribution in [0.5, 0.6) is 0 Å². The molecule has 0 atom stereocenters. The Morgan fingerprint density at radius 2 is 1.86 bits per heavy atom. The standard InChI is InChI=1S/C17H30N2O2/c1-6-19(7-2)13-12-14-10-8-9-11-15(14)18-16(20)21-17(3,4)5/h12-13H,6-11H2,1-5H3,(H,18,20)/b13-12+. The summed E-state index contributed by atoms with van der Waals surface area (Å²) >= 11 is 0. The maximum absolute atomic E-state index is 11.9.